The first kappa shape index (κ1) is 10.9. The van der Waals surface area contributed by atoms with Gasteiger partial charge in [0.15, 0.2) is 0 Å². The lowest BCUT2D eigenvalue weighted by Gasteiger charge is -2.03. The Hall–Kier alpha value is -2.18. The number of nitrogens with zero attached hydrogens (tertiary/aromatic N) is 2. The number of carboxylic acids is 1. The quantitative estimate of drug-likeness (QED) is 0.636. The molecule has 80 valence electrons. The standard InChI is InChI=1S/C8H8N2O5/c1-15-6-2-3-7(12)10(9-6)4-5(11)8(13)14/h2-3H,4H2,1H3,(H,13,14). The minimum atomic E-state index is -1.61. The third-order valence-corrected chi connectivity index (χ3v) is 1.58. The number of carbonyl (C=O) groups is 2. The van der Waals surface area contributed by atoms with E-state index in [9.17, 15) is 14.4 Å². The van der Waals surface area contributed by atoms with Crippen LogP contribution in [0.5, 0.6) is 5.88 Å². The summed E-state index contributed by atoms with van der Waals surface area (Å²) in [6, 6.07) is 2.46. The fourth-order valence-corrected chi connectivity index (χ4v) is 0.856. The Morgan fingerprint density at radius 3 is 2.73 bits per heavy atom. The SMILES string of the molecule is COc1ccc(=O)n(CC(=O)C(=O)O)n1. The van der Waals surface area contributed by atoms with Crippen LogP contribution >= 0.6 is 0 Å². The Morgan fingerprint density at radius 2 is 2.20 bits per heavy atom. The molecule has 0 radical (unpaired) electrons. The van der Waals surface area contributed by atoms with Gasteiger partial charge in [-0.1, -0.05) is 0 Å². The first-order valence-electron chi connectivity index (χ1n) is 3.93. The summed E-state index contributed by atoms with van der Waals surface area (Å²) in [4.78, 5) is 32.2. The number of carboxylic acid groups (broad SMARTS) is 1. The molecule has 15 heavy (non-hydrogen) atoms. The van der Waals surface area contributed by atoms with Crippen LogP contribution in [-0.2, 0) is 16.1 Å². The molecule has 0 fully saturated rings. The lowest BCUT2D eigenvalue weighted by molar-refractivity contribution is -0.149. The average Bonchev–Trinajstić information content (AvgIpc) is 2.21. The van der Waals surface area contributed by atoms with Gasteiger partial charge in [-0.05, 0) is 0 Å². The normalized spacial score (nSPS) is 9.67. The second-order valence-electron chi connectivity index (χ2n) is 2.60. The van der Waals surface area contributed by atoms with E-state index in [-0.39, 0.29) is 5.88 Å². The van der Waals surface area contributed by atoms with E-state index in [1.165, 1.54) is 13.2 Å². The molecule has 0 amide bonds. The molecule has 7 heteroatoms. The van der Waals surface area contributed by atoms with Gasteiger partial charge in [-0.3, -0.25) is 9.59 Å². The molecule has 0 unspecified atom stereocenters. The number of hydrogen-bond acceptors (Lipinski definition) is 5. The highest BCUT2D eigenvalue weighted by molar-refractivity contribution is 6.32. The molecule has 0 aliphatic rings. The van der Waals surface area contributed by atoms with Crippen LogP contribution in [0.25, 0.3) is 0 Å². The number of carbonyl (C=O) groups excluding carboxylic acids is 1. The maximum Gasteiger partial charge on any atom is 0.374 e. The Morgan fingerprint density at radius 1 is 1.53 bits per heavy atom. The number of ether oxygens (including phenoxy) is 1. The first-order chi connectivity index (χ1) is 7.04. The van der Waals surface area contributed by atoms with Gasteiger partial charge < -0.3 is 9.84 Å². The van der Waals surface area contributed by atoms with Crippen LogP contribution in [0.4, 0.5) is 0 Å². The van der Waals surface area contributed by atoms with Crippen molar-refractivity contribution < 1.29 is 19.4 Å². The van der Waals surface area contributed by atoms with E-state index in [0.717, 1.165) is 10.7 Å². The number of ketones is 1. The van der Waals surface area contributed by atoms with Crippen LogP contribution < -0.4 is 10.3 Å². The molecular formula is C8H8N2O5. The van der Waals surface area contributed by atoms with E-state index in [4.69, 9.17) is 9.84 Å². The lowest BCUT2D eigenvalue weighted by atomic mass is 10.4. The van der Waals surface area contributed by atoms with Gasteiger partial charge in [0.2, 0.25) is 5.88 Å². The number of methoxy groups -OCH3 is 1. The summed E-state index contributed by atoms with van der Waals surface area (Å²) in [6.45, 7) is -0.606. The van der Waals surface area contributed by atoms with Crippen LogP contribution in [0.2, 0.25) is 0 Å². The molecule has 0 spiro atoms. The molecule has 1 heterocycles. The molecule has 1 aromatic heterocycles. The van der Waals surface area contributed by atoms with E-state index in [0.29, 0.717) is 0 Å². The molecule has 0 bridgehead atoms. The van der Waals surface area contributed by atoms with Crippen molar-refractivity contribution in [3.05, 3.63) is 22.5 Å². The van der Waals surface area contributed by atoms with Crippen molar-refractivity contribution in [1.29, 1.82) is 0 Å². The van der Waals surface area contributed by atoms with Gasteiger partial charge in [0.05, 0.1) is 7.11 Å². The van der Waals surface area contributed by atoms with Crippen LogP contribution in [0.3, 0.4) is 0 Å². The van der Waals surface area contributed by atoms with E-state index in [1.807, 2.05) is 0 Å². The minimum Gasteiger partial charge on any atom is -0.480 e. The van der Waals surface area contributed by atoms with E-state index >= 15 is 0 Å². The Balaban J connectivity index is 2.98. The van der Waals surface area contributed by atoms with Gasteiger partial charge in [0.25, 0.3) is 11.3 Å². The summed E-state index contributed by atoms with van der Waals surface area (Å²) in [6.07, 6.45) is 0. The minimum absolute atomic E-state index is 0.132. The van der Waals surface area contributed by atoms with Gasteiger partial charge >= 0.3 is 5.97 Å². The molecular weight excluding hydrogens is 204 g/mol. The van der Waals surface area contributed by atoms with E-state index in [2.05, 4.69) is 5.10 Å². The highest BCUT2D eigenvalue weighted by Crippen LogP contribution is 1.98. The van der Waals surface area contributed by atoms with Crippen molar-refractivity contribution in [1.82, 2.24) is 9.78 Å². The molecule has 0 saturated heterocycles. The number of Topliss-reactive ketones (excluding diaryl/α,β-unsaturated/α-hetero) is 1. The topological polar surface area (TPSA) is 98.5 Å². The van der Waals surface area contributed by atoms with Crippen molar-refractivity contribution in [2.45, 2.75) is 6.54 Å². The zero-order valence-corrected chi connectivity index (χ0v) is 7.84. The molecule has 0 atom stereocenters. The summed E-state index contributed by atoms with van der Waals surface area (Å²) in [7, 11) is 1.34. The fraction of sp³-hybridized carbons (Fsp3) is 0.250. The number of aliphatic carboxylic acids is 1. The largest absolute Gasteiger partial charge is 0.480 e. The highest BCUT2D eigenvalue weighted by Gasteiger charge is 2.13. The van der Waals surface area contributed by atoms with Crippen LogP contribution in [0.15, 0.2) is 16.9 Å². The second kappa shape index (κ2) is 4.36. The van der Waals surface area contributed by atoms with Crippen LogP contribution in [0.1, 0.15) is 0 Å². The summed E-state index contributed by atoms with van der Waals surface area (Å²) in [5.41, 5.74) is -0.564. The fourth-order valence-electron chi connectivity index (χ4n) is 0.856. The van der Waals surface area contributed by atoms with Crippen molar-refractivity contribution in [3.63, 3.8) is 0 Å². The summed E-state index contributed by atoms with van der Waals surface area (Å²) in [5.74, 6) is -2.59. The molecule has 7 nitrogen and oxygen atoms in total. The monoisotopic (exact) mass is 212 g/mol. The van der Waals surface area contributed by atoms with Gasteiger partial charge in [0, 0.05) is 12.1 Å². The molecule has 1 rings (SSSR count). The van der Waals surface area contributed by atoms with E-state index in [1.54, 1.807) is 0 Å². The van der Waals surface area contributed by atoms with Gasteiger partial charge in [-0.15, -0.1) is 5.10 Å². The predicted molar refractivity (Wildman–Crippen MR) is 47.7 cm³/mol. The van der Waals surface area contributed by atoms with Crippen molar-refractivity contribution in [2.75, 3.05) is 7.11 Å². The van der Waals surface area contributed by atoms with Crippen LogP contribution in [0, 0.1) is 0 Å². The zero-order chi connectivity index (χ0) is 11.4. The maximum atomic E-state index is 11.1. The summed E-state index contributed by atoms with van der Waals surface area (Å²) < 4.78 is 5.45. The average molecular weight is 212 g/mol. The number of aromatic nitrogens is 2. The Kier molecular flexibility index (Phi) is 3.17. The Labute approximate surface area is 83.9 Å². The van der Waals surface area contributed by atoms with Crippen LogP contribution in [-0.4, -0.2) is 33.7 Å². The van der Waals surface area contributed by atoms with Gasteiger partial charge in [-0.25, -0.2) is 9.48 Å². The maximum absolute atomic E-state index is 11.1. The summed E-state index contributed by atoms with van der Waals surface area (Å²) >= 11 is 0. The molecule has 0 aromatic carbocycles. The third kappa shape index (κ3) is 2.63. The third-order valence-electron chi connectivity index (χ3n) is 1.58. The van der Waals surface area contributed by atoms with Crippen molar-refractivity contribution in [3.8, 4) is 5.88 Å². The molecule has 1 aromatic rings. The second-order valence-corrected chi connectivity index (χ2v) is 2.60. The van der Waals surface area contributed by atoms with Gasteiger partial charge in [0.1, 0.15) is 6.54 Å². The molecule has 0 aliphatic heterocycles. The molecule has 0 saturated carbocycles. The van der Waals surface area contributed by atoms with Gasteiger partial charge in [-0.2, -0.15) is 0 Å². The highest BCUT2D eigenvalue weighted by atomic mass is 16.5. The smallest absolute Gasteiger partial charge is 0.374 e. The zero-order valence-electron chi connectivity index (χ0n) is 7.84. The molecule has 1 N–H and O–H groups in total. The Bertz CT molecular complexity index is 451. The lowest BCUT2D eigenvalue weighted by Crippen LogP contribution is -2.29. The predicted octanol–water partition coefficient (Wildman–Crippen LogP) is -1.09. The number of rotatable bonds is 4. The number of hydrogen-bond donors (Lipinski definition) is 1. The first-order valence-corrected chi connectivity index (χ1v) is 3.93. The van der Waals surface area contributed by atoms with E-state index < -0.39 is 23.9 Å². The molecule has 0 aliphatic carbocycles. The van der Waals surface area contributed by atoms with Crippen molar-refractivity contribution >= 4 is 11.8 Å². The van der Waals surface area contributed by atoms with Crippen molar-refractivity contribution in [2.24, 2.45) is 0 Å². The summed E-state index contributed by atoms with van der Waals surface area (Å²) in [5, 5.41) is 11.9.